The van der Waals surface area contributed by atoms with Crippen molar-refractivity contribution < 1.29 is 0 Å². The lowest BCUT2D eigenvalue weighted by Crippen LogP contribution is -2.43. The summed E-state index contributed by atoms with van der Waals surface area (Å²) in [7, 11) is 0. The fourth-order valence-electron chi connectivity index (χ4n) is 11.7. The predicted molar refractivity (Wildman–Crippen MR) is 236 cm³/mol. The van der Waals surface area contributed by atoms with Gasteiger partial charge in [-0.2, -0.15) is 0 Å². The average molecular weight is 746 g/mol. The van der Waals surface area contributed by atoms with Gasteiger partial charge in [0.05, 0.1) is 0 Å². The second-order valence-electron chi connectivity index (χ2n) is 21.6. The molecule has 10 atom stereocenters. The molecule has 0 aromatic rings. The van der Waals surface area contributed by atoms with E-state index < -0.39 is 0 Å². The Balaban J connectivity index is 0.000000250. The number of nitrogens with two attached hydrogens (primary N) is 5. The number of hydrogen-bond acceptors (Lipinski definition) is 5. The van der Waals surface area contributed by atoms with Gasteiger partial charge in [0.2, 0.25) is 0 Å². The average Bonchev–Trinajstić information content (AvgIpc) is 3.08. The minimum absolute atomic E-state index is 0. The van der Waals surface area contributed by atoms with E-state index in [0.717, 1.165) is 60.2 Å². The van der Waals surface area contributed by atoms with Crippen molar-refractivity contribution in [2.24, 2.45) is 86.8 Å². The van der Waals surface area contributed by atoms with Gasteiger partial charge < -0.3 is 28.7 Å². The quantitative estimate of drug-likeness (QED) is 0.191. The lowest BCUT2D eigenvalue weighted by molar-refractivity contribution is 0.0802. The molecule has 0 amide bonds. The van der Waals surface area contributed by atoms with Crippen LogP contribution in [-0.2, 0) is 0 Å². The van der Waals surface area contributed by atoms with E-state index in [4.69, 9.17) is 28.7 Å². The Bertz CT molecular complexity index is 884. The Morgan fingerprint density at radius 3 is 1.42 bits per heavy atom. The van der Waals surface area contributed by atoms with Crippen LogP contribution in [0.1, 0.15) is 217 Å². The molecule has 6 aliphatic carbocycles. The van der Waals surface area contributed by atoms with Crippen LogP contribution in [0.15, 0.2) is 0 Å². The third kappa shape index (κ3) is 18.3. The molecule has 5 nitrogen and oxygen atoms in total. The number of hydrogen-bond donors (Lipinski definition) is 5. The second-order valence-corrected chi connectivity index (χ2v) is 21.6. The zero-order valence-electron chi connectivity index (χ0n) is 36.4. The monoisotopic (exact) mass is 746 g/mol. The van der Waals surface area contributed by atoms with Crippen molar-refractivity contribution in [1.82, 2.24) is 0 Å². The fourth-order valence-corrected chi connectivity index (χ4v) is 11.7. The highest BCUT2D eigenvalue weighted by atomic mass is 14.8. The molecule has 6 fully saturated rings. The fraction of sp³-hybridized carbons (Fsp3) is 1.00. The molecular weight excluding hydrogens is 647 g/mol. The summed E-state index contributed by atoms with van der Waals surface area (Å²) in [6, 6.07) is 2.00. The molecule has 0 aliphatic heterocycles. The van der Waals surface area contributed by atoms with Crippen molar-refractivity contribution in [2.75, 3.05) is 0 Å². The minimum Gasteiger partial charge on any atom is -0.328 e. The van der Waals surface area contributed by atoms with Crippen LogP contribution in [0.2, 0.25) is 0 Å². The first kappa shape index (κ1) is 48.9. The van der Waals surface area contributed by atoms with Crippen LogP contribution in [0, 0.1) is 58.2 Å². The van der Waals surface area contributed by atoms with Gasteiger partial charge in [-0.15, -0.1) is 0 Å². The van der Waals surface area contributed by atoms with Crippen molar-refractivity contribution in [1.29, 1.82) is 0 Å². The molecule has 0 aromatic carbocycles. The summed E-state index contributed by atoms with van der Waals surface area (Å²) in [5.74, 6) is 7.75. The van der Waals surface area contributed by atoms with Gasteiger partial charge in [0.25, 0.3) is 0 Å². The Morgan fingerprint density at radius 1 is 0.472 bits per heavy atom. The Hall–Kier alpha value is -0.200. The molecule has 0 bridgehead atoms. The summed E-state index contributed by atoms with van der Waals surface area (Å²) in [6.07, 6.45) is 32.7. The summed E-state index contributed by atoms with van der Waals surface area (Å²) in [4.78, 5) is 0. The van der Waals surface area contributed by atoms with Crippen molar-refractivity contribution in [2.45, 2.75) is 247 Å². The Kier molecular flexibility index (Phi) is 22.1. The molecule has 10 N–H and O–H groups in total. The van der Waals surface area contributed by atoms with Gasteiger partial charge in [0.15, 0.2) is 0 Å². The SMILES string of the molecule is C.CC1CCC(CC2CCC(N)C(C)C2)CC1C.CC1CCC(CC2CCC(N)CC2)CC1.CCC1(C)CC(N)CC(C)(C)C1.NC1CCCCC1N. The zero-order chi connectivity index (χ0) is 38.5. The summed E-state index contributed by atoms with van der Waals surface area (Å²) >= 11 is 0. The molecule has 0 radical (unpaired) electrons. The molecule has 0 spiro atoms. The van der Waals surface area contributed by atoms with Crippen LogP contribution in [0.5, 0.6) is 0 Å². The first-order valence-corrected chi connectivity index (χ1v) is 23.2. The van der Waals surface area contributed by atoms with Crippen molar-refractivity contribution in [3.63, 3.8) is 0 Å². The molecule has 6 rings (SSSR count). The molecule has 53 heavy (non-hydrogen) atoms. The zero-order valence-corrected chi connectivity index (χ0v) is 36.4. The van der Waals surface area contributed by atoms with Gasteiger partial charge in [-0.1, -0.05) is 121 Å². The maximum absolute atomic E-state index is 6.11. The van der Waals surface area contributed by atoms with Crippen LogP contribution in [0.4, 0.5) is 0 Å². The van der Waals surface area contributed by atoms with Crippen LogP contribution in [0.25, 0.3) is 0 Å². The third-order valence-corrected chi connectivity index (χ3v) is 15.6. The maximum atomic E-state index is 6.11. The Morgan fingerprint density at radius 2 is 0.943 bits per heavy atom. The van der Waals surface area contributed by atoms with Crippen LogP contribution >= 0.6 is 0 Å². The summed E-state index contributed by atoms with van der Waals surface area (Å²) < 4.78 is 0. The first-order chi connectivity index (χ1) is 24.5. The van der Waals surface area contributed by atoms with E-state index in [2.05, 4.69) is 55.4 Å². The molecule has 6 saturated carbocycles. The van der Waals surface area contributed by atoms with Gasteiger partial charge >= 0.3 is 0 Å². The Labute approximate surface area is 333 Å². The standard InChI is InChI=1S/C16H31N.C14H27N.C11H23N.C6H14N2.CH4/c1-11-4-5-14(8-12(11)2)10-15-6-7-16(17)13(3)9-15;1-11-2-4-12(5-3-11)10-13-6-8-14(15)9-7-13;1-5-11(4)7-9(12)6-10(2,3)8-11;7-5-3-1-2-4-6(5)8;/h11-16H,4-10,17H2,1-3H3;11-14H,2-10,15H2,1H3;9H,5-8,12H2,1-4H3;5-6H,1-4,7-8H2;1H4. The highest BCUT2D eigenvalue weighted by molar-refractivity contribution is 4.92. The molecule has 0 aromatic heterocycles. The van der Waals surface area contributed by atoms with Crippen molar-refractivity contribution >= 4 is 0 Å². The second kappa shape index (κ2) is 23.9. The molecular formula is C48H99N5. The normalized spacial score (nSPS) is 42.8. The lowest BCUT2D eigenvalue weighted by Gasteiger charge is -2.45. The number of rotatable bonds is 5. The van der Waals surface area contributed by atoms with E-state index in [-0.39, 0.29) is 19.5 Å². The van der Waals surface area contributed by atoms with Crippen LogP contribution < -0.4 is 28.7 Å². The topological polar surface area (TPSA) is 130 Å². The summed E-state index contributed by atoms with van der Waals surface area (Å²) in [6.45, 7) is 19.0. The minimum atomic E-state index is 0. The highest BCUT2D eigenvalue weighted by Gasteiger charge is 2.38. The maximum Gasteiger partial charge on any atom is 0.0192 e. The molecule has 316 valence electrons. The molecule has 6 aliphatic rings. The molecule has 5 heteroatoms. The van der Waals surface area contributed by atoms with E-state index >= 15 is 0 Å². The van der Waals surface area contributed by atoms with Crippen LogP contribution in [0.3, 0.4) is 0 Å². The van der Waals surface area contributed by atoms with E-state index in [1.54, 1.807) is 0 Å². The van der Waals surface area contributed by atoms with Gasteiger partial charge in [0.1, 0.15) is 0 Å². The first-order valence-electron chi connectivity index (χ1n) is 23.2. The molecule has 10 unspecified atom stereocenters. The smallest absolute Gasteiger partial charge is 0.0192 e. The van der Waals surface area contributed by atoms with E-state index in [9.17, 15) is 0 Å². The predicted octanol–water partition coefficient (Wildman–Crippen LogP) is 11.7. The van der Waals surface area contributed by atoms with Crippen molar-refractivity contribution in [3.05, 3.63) is 0 Å². The van der Waals surface area contributed by atoms with E-state index in [1.807, 2.05) is 0 Å². The largest absolute Gasteiger partial charge is 0.328 e. The summed E-state index contributed by atoms with van der Waals surface area (Å²) in [5, 5.41) is 0. The van der Waals surface area contributed by atoms with Crippen LogP contribution in [-0.4, -0.2) is 30.2 Å². The van der Waals surface area contributed by atoms with E-state index in [1.165, 1.54) is 141 Å². The lowest BCUT2D eigenvalue weighted by atomic mass is 9.62. The third-order valence-electron chi connectivity index (χ3n) is 15.6. The highest BCUT2D eigenvalue weighted by Crippen LogP contribution is 2.47. The summed E-state index contributed by atoms with van der Waals surface area (Å²) in [5.41, 5.74) is 30.4. The van der Waals surface area contributed by atoms with E-state index in [0.29, 0.717) is 29.0 Å². The molecule has 0 saturated heterocycles. The van der Waals surface area contributed by atoms with Crippen molar-refractivity contribution in [3.8, 4) is 0 Å². The molecule has 0 heterocycles. The van der Waals surface area contributed by atoms with Gasteiger partial charge in [-0.3, -0.25) is 0 Å². The van der Waals surface area contributed by atoms with Gasteiger partial charge in [-0.05, 0) is 154 Å². The van der Waals surface area contributed by atoms with Gasteiger partial charge in [0, 0.05) is 30.2 Å². The van der Waals surface area contributed by atoms with Gasteiger partial charge in [-0.25, -0.2) is 0 Å².